The zero-order chi connectivity index (χ0) is 6.08. The second-order valence-corrected chi connectivity index (χ2v) is 3.14. The zero-order valence-corrected chi connectivity index (χ0v) is 5.78. The first-order valence-corrected chi connectivity index (χ1v) is 2.80. The lowest BCUT2D eigenvalue weighted by molar-refractivity contribution is 0.329. The smallest absolute Gasteiger partial charge is 0.0647 e. The van der Waals surface area contributed by atoms with Crippen molar-refractivity contribution in [1.82, 2.24) is 0 Å². The summed E-state index contributed by atoms with van der Waals surface area (Å²) < 4.78 is 0. The average molecular weight is 99.2 g/mol. The van der Waals surface area contributed by atoms with Gasteiger partial charge in [-0.3, -0.25) is 0 Å². The van der Waals surface area contributed by atoms with Crippen LogP contribution in [0.4, 0.5) is 0 Å². The van der Waals surface area contributed by atoms with Crippen LogP contribution >= 0.6 is 0 Å². The third-order valence-corrected chi connectivity index (χ3v) is 1.56. The molecule has 0 spiro atoms. The van der Waals surface area contributed by atoms with Gasteiger partial charge in [-0.05, 0) is 0 Å². The third-order valence-electron chi connectivity index (χ3n) is 1.56. The highest BCUT2D eigenvalue weighted by atomic mass is 14.2. The monoisotopic (exact) mass is 99.1 g/mol. The molecule has 0 nitrogen and oxygen atoms in total. The first-order chi connectivity index (χ1) is 2.94. The van der Waals surface area contributed by atoms with E-state index in [0.29, 0.717) is 5.92 Å². The molecular formula is C7H15-. The van der Waals surface area contributed by atoms with Gasteiger partial charge in [0.15, 0.2) is 0 Å². The maximum Gasteiger partial charge on any atom is -0.0647 e. The van der Waals surface area contributed by atoms with Crippen LogP contribution in [-0.4, -0.2) is 0 Å². The molecule has 0 fully saturated rings. The van der Waals surface area contributed by atoms with Gasteiger partial charge in [0.1, 0.15) is 0 Å². The van der Waals surface area contributed by atoms with E-state index in [2.05, 4.69) is 34.6 Å². The Morgan fingerprint density at radius 1 is 1.29 bits per heavy atom. The van der Waals surface area contributed by atoms with Crippen molar-refractivity contribution >= 4 is 0 Å². The average Bonchev–Trinajstić information content (AvgIpc) is 1.31. The van der Waals surface area contributed by atoms with Gasteiger partial charge in [0.05, 0.1) is 0 Å². The quantitative estimate of drug-likeness (QED) is 0.443. The van der Waals surface area contributed by atoms with Crippen molar-refractivity contribution in [2.24, 2.45) is 11.3 Å². The van der Waals surface area contributed by atoms with Gasteiger partial charge in [-0.25, -0.2) is 0 Å². The van der Waals surface area contributed by atoms with Crippen LogP contribution in [0.3, 0.4) is 0 Å². The Kier molecular flexibility index (Phi) is 1.85. The summed E-state index contributed by atoms with van der Waals surface area (Å²) in [6.07, 6.45) is 0. The first kappa shape index (κ1) is 7.00. The molecule has 0 heteroatoms. The van der Waals surface area contributed by atoms with Crippen LogP contribution in [0.5, 0.6) is 0 Å². The van der Waals surface area contributed by atoms with Crippen LogP contribution in [0, 0.1) is 18.3 Å². The normalized spacial score (nSPS) is 12.9. The Labute approximate surface area is 46.9 Å². The van der Waals surface area contributed by atoms with Crippen molar-refractivity contribution in [3.63, 3.8) is 0 Å². The summed E-state index contributed by atoms with van der Waals surface area (Å²) in [6.45, 7) is 12.6. The molecule has 0 heterocycles. The third kappa shape index (κ3) is 2.67. The molecule has 0 aliphatic carbocycles. The Morgan fingerprint density at radius 3 is 1.43 bits per heavy atom. The molecular weight excluding hydrogens is 84.1 g/mol. The van der Waals surface area contributed by atoms with Crippen LogP contribution in [0.15, 0.2) is 0 Å². The van der Waals surface area contributed by atoms with E-state index in [0.717, 1.165) is 0 Å². The molecule has 0 amide bonds. The lowest BCUT2D eigenvalue weighted by Crippen LogP contribution is -2.13. The van der Waals surface area contributed by atoms with Crippen molar-refractivity contribution in [3.05, 3.63) is 6.92 Å². The molecule has 0 aliphatic heterocycles. The van der Waals surface area contributed by atoms with Crippen LogP contribution < -0.4 is 0 Å². The van der Waals surface area contributed by atoms with E-state index >= 15 is 0 Å². The standard InChI is InChI=1S/C7H15/c1-6(2)7(3,4)5/h6H,3H2,1-2,4-5H3/q-1. The molecule has 0 radical (unpaired) electrons. The zero-order valence-electron chi connectivity index (χ0n) is 5.78. The van der Waals surface area contributed by atoms with Gasteiger partial charge >= 0.3 is 0 Å². The highest BCUT2D eigenvalue weighted by Crippen LogP contribution is 2.23. The fourth-order valence-corrected chi connectivity index (χ4v) is 0. The molecule has 0 N–H and O–H groups in total. The van der Waals surface area contributed by atoms with E-state index < -0.39 is 0 Å². The van der Waals surface area contributed by atoms with Crippen molar-refractivity contribution < 1.29 is 0 Å². The molecule has 0 saturated heterocycles. The highest BCUT2D eigenvalue weighted by Gasteiger charge is 2.05. The molecule has 7 heavy (non-hydrogen) atoms. The minimum Gasteiger partial charge on any atom is -0.337 e. The van der Waals surface area contributed by atoms with Gasteiger partial charge in [-0.15, -0.1) is 0 Å². The fourth-order valence-electron chi connectivity index (χ4n) is 0. The van der Waals surface area contributed by atoms with Crippen molar-refractivity contribution in [1.29, 1.82) is 0 Å². The van der Waals surface area contributed by atoms with Crippen molar-refractivity contribution in [2.45, 2.75) is 27.7 Å². The Morgan fingerprint density at radius 2 is 1.43 bits per heavy atom. The lowest BCUT2D eigenvalue weighted by atomic mass is 9.84. The Bertz CT molecular complexity index is 45.5. The predicted octanol–water partition coefficient (Wildman–Crippen LogP) is 2.50. The Balaban J connectivity index is 3.54. The highest BCUT2D eigenvalue weighted by molar-refractivity contribution is 4.73. The lowest BCUT2D eigenvalue weighted by Gasteiger charge is -2.31. The largest absolute Gasteiger partial charge is 0.337 e. The molecule has 44 valence electrons. The summed E-state index contributed by atoms with van der Waals surface area (Å²) in [5, 5.41) is 0. The van der Waals surface area contributed by atoms with E-state index in [1.54, 1.807) is 0 Å². The van der Waals surface area contributed by atoms with E-state index in [1.165, 1.54) is 0 Å². The minimum absolute atomic E-state index is 0.250. The van der Waals surface area contributed by atoms with Crippen molar-refractivity contribution in [2.75, 3.05) is 0 Å². The summed E-state index contributed by atoms with van der Waals surface area (Å²) in [5.41, 5.74) is 0.250. The molecule has 0 bridgehead atoms. The van der Waals surface area contributed by atoms with Crippen LogP contribution in [0.1, 0.15) is 27.7 Å². The maximum absolute atomic E-state index is 3.97. The van der Waals surface area contributed by atoms with Gasteiger partial charge in [0.2, 0.25) is 0 Å². The molecule has 0 aromatic rings. The van der Waals surface area contributed by atoms with E-state index in [-0.39, 0.29) is 5.41 Å². The summed E-state index contributed by atoms with van der Waals surface area (Å²) in [6, 6.07) is 0. The molecule has 0 saturated carbocycles. The van der Waals surface area contributed by atoms with Gasteiger partial charge in [0.25, 0.3) is 0 Å². The van der Waals surface area contributed by atoms with E-state index in [1.807, 2.05) is 0 Å². The number of hydrogen-bond donors (Lipinski definition) is 0. The van der Waals surface area contributed by atoms with E-state index in [4.69, 9.17) is 0 Å². The van der Waals surface area contributed by atoms with Crippen LogP contribution in [0.25, 0.3) is 0 Å². The number of hydrogen-bond acceptors (Lipinski definition) is 0. The SMILES string of the molecule is [CH2-]C(C)(C)C(C)C. The molecule has 0 rings (SSSR count). The van der Waals surface area contributed by atoms with Crippen LogP contribution in [0.2, 0.25) is 0 Å². The maximum atomic E-state index is 3.97. The predicted molar refractivity (Wildman–Crippen MR) is 34.0 cm³/mol. The second-order valence-electron chi connectivity index (χ2n) is 3.14. The van der Waals surface area contributed by atoms with Gasteiger partial charge < -0.3 is 6.92 Å². The molecule has 0 aliphatic rings. The summed E-state index contributed by atoms with van der Waals surface area (Å²) in [5.74, 6) is 0.687. The second kappa shape index (κ2) is 1.85. The topological polar surface area (TPSA) is 0 Å². The Hall–Kier alpha value is 0. The minimum atomic E-state index is 0.250. The van der Waals surface area contributed by atoms with E-state index in [9.17, 15) is 0 Å². The summed E-state index contributed by atoms with van der Waals surface area (Å²) in [4.78, 5) is 0. The molecule has 0 aromatic heterocycles. The molecule has 0 atom stereocenters. The molecule has 0 unspecified atom stereocenters. The van der Waals surface area contributed by atoms with Crippen molar-refractivity contribution in [3.8, 4) is 0 Å². The summed E-state index contributed by atoms with van der Waals surface area (Å²) >= 11 is 0. The van der Waals surface area contributed by atoms with Crippen LogP contribution in [-0.2, 0) is 0 Å². The fraction of sp³-hybridized carbons (Fsp3) is 0.857. The molecule has 0 aromatic carbocycles. The first-order valence-electron chi connectivity index (χ1n) is 2.80. The van der Waals surface area contributed by atoms with Gasteiger partial charge in [0, 0.05) is 0 Å². The van der Waals surface area contributed by atoms with Gasteiger partial charge in [-0.2, -0.15) is 5.41 Å². The summed E-state index contributed by atoms with van der Waals surface area (Å²) in [7, 11) is 0. The van der Waals surface area contributed by atoms with Gasteiger partial charge in [-0.1, -0.05) is 33.6 Å². The number of rotatable bonds is 1.